The van der Waals surface area contributed by atoms with E-state index in [1.54, 1.807) is 7.11 Å². The van der Waals surface area contributed by atoms with Crippen molar-refractivity contribution in [1.29, 1.82) is 0 Å². The Morgan fingerprint density at radius 2 is 1.50 bits per heavy atom. The molecule has 142 valence electrons. The number of likely N-dealkylation sites (N-methyl/N-ethyl adjacent to an activating group) is 1. The number of nitrogens with zero attached hydrogens (tertiary/aromatic N) is 5. The van der Waals surface area contributed by atoms with Crippen molar-refractivity contribution >= 4 is 17.6 Å². The van der Waals surface area contributed by atoms with Gasteiger partial charge in [0, 0.05) is 32.4 Å². The number of aryl methyl sites for hydroxylation is 4. The third-order valence-corrected chi connectivity index (χ3v) is 4.42. The van der Waals surface area contributed by atoms with Gasteiger partial charge in [-0.25, -0.2) is 0 Å². The largest absolute Gasteiger partial charge is 0.383 e. The van der Waals surface area contributed by atoms with Crippen LogP contribution in [0, 0.1) is 27.7 Å². The molecule has 2 rings (SSSR count). The molecule has 0 aliphatic carbocycles. The van der Waals surface area contributed by atoms with Gasteiger partial charge in [0.1, 0.15) is 5.82 Å². The maximum atomic E-state index is 5.21. The maximum absolute atomic E-state index is 5.21. The molecule has 0 spiro atoms. The van der Waals surface area contributed by atoms with Crippen molar-refractivity contribution in [2.45, 2.75) is 41.5 Å². The van der Waals surface area contributed by atoms with Crippen LogP contribution in [-0.2, 0) is 4.74 Å². The Kier molecular flexibility index (Phi) is 6.91. The lowest BCUT2D eigenvalue weighted by Crippen LogP contribution is -2.30. The van der Waals surface area contributed by atoms with Crippen LogP contribution < -0.4 is 9.80 Å². The molecule has 1 aromatic carbocycles. The molecule has 0 atom stereocenters. The molecule has 0 fully saturated rings. The molecule has 0 radical (unpaired) electrons. The van der Waals surface area contributed by atoms with Gasteiger partial charge < -0.3 is 14.5 Å². The maximum Gasteiger partial charge on any atom is 0.234 e. The zero-order valence-corrected chi connectivity index (χ0v) is 17.1. The van der Waals surface area contributed by atoms with Crippen LogP contribution in [0.25, 0.3) is 0 Å². The second-order valence-electron chi connectivity index (χ2n) is 6.55. The monoisotopic (exact) mass is 357 g/mol. The molecule has 0 aliphatic heterocycles. The fraction of sp³-hybridized carbons (Fsp3) is 0.550. The van der Waals surface area contributed by atoms with Crippen molar-refractivity contribution in [2.75, 3.05) is 43.2 Å². The Bertz CT molecular complexity index is 724. The lowest BCUT2D eigenvalue weighted by atomic mass is 10.0. The van der Waals surface area contributed by atoms with E-state index >= 15 is 0 Å². The van der Waals surface area contributed by atoms with Crippen LogP contribution in [0.4, 0.5) is 17.6 Å². The van der Waals surface area contributed by atoms with Gasteiger partial charge in [-0.15, -0.1) is 0 Å². The minimum absolute atomic E-state index is 0.640. The molecule has 0 amide bonds. The molecule has 0 N–H and O–H groups in total. The first-order chi connectivity index (χ1) is 12.4. The van der Waals surface area contributed by atoms with Crippen LogP contribution in [0.3, 0.4) is 0 Å². The number of methoxy groups -OCH3 is 1. The molecule has 0 aliphatic rings. The standard InChI is InChI=1S/C20H31N5O/c1-8-24(10-11-26-7)19-21-17(6)22-20(23-19)25(9-2)18-15(4)12-14(3)13-16(18)5/h12-13H,8-11H2,1-7H3. The first-order valence-electron chi connectivity index (χ1n) is 9.23. The quantitative estimate of drug-likeness (QED) is 0.717. The number of aromatic nitrogens is 3. The summed E-state index contributed by atoms with van der Waals surface area (Å²) in [6.07, 6.45) is 0. The van der Waals surface area contributed by atoms with Crippen LogP contribution in [0.15, 0.2) is 12.1 Å². The summed E-state index contributed by atoms with van der Waals surface area (Å²) in [6, 6.07) is 4.41. The van der Waals surface area contributed by atoms with E-state index in [0.717, 1.165) is 25.5 Å². The summed E-state index contributed by atoms with van der Waals surface area (Å²) in [5, 5.41) is 0. The van der Waals surface area contributed by atoms with E-state index < -0.39 is 0 Å². The molecule has 26 heavy (non-hydrogen) atoms. The number of rotatable bonds is 8. The van der Waals surface area contributed by atoms with Crippen molar-refractivity contribution in [3.8, 4) is 0 Å². The van der Waals surface area contributed by atoms with Crippen molar-refractivity contribution in [2.24, 2.45) is 0 Å². The SMILES string of the molecule is CCN(CCOC)c1nc(C)nc(N(CC)c2c(C)cc(C)cc2C)n1. The van der Waals surface area contributed by atoms with Gasteiger partial charge in [-0.1, -0.05) is 17.7 Å². The summed E-state index contributed by atoms with van der Waals surface area (Å²) in [6.45, 7) is 15.6. The van der Waals surface area contributed by atoms with E-state index in [2.05, 4.69) is 66.5 Å². The van der Waals surface area contributed by atoms with Crippen LogP contribution in [0.5, 0.6) is 0 Å². The number of ether oxygens (including phenoxy) is 1. The molecule has 1 aromatic heterocycles. The zero-order chi connectivity index (χ0) is 19.3. The lowest BCUT2D eigenvalue weighted by molar-refractivity contribution is 0.205. The van der Waals surface area contributed by atoms with E-state index in [4.69, 9.17) is 9.72 Å². The zero-order valence-electron chi connectivity index (χ0n) is 17.1. The Morgan fingerprint density at radius 3 is 2.04 bits per heavy atom. The smallest absolute Gasteiger partial charge is 0.234 e. The fourth-order valence-corrected chi connectivity index (χ4v) is 3.31. The van der Waals surface area contributed by atoms with E-state index in [1.165, 1.54) is 22.4 Å². The van der Waals surface area contributed by atoms with E-state index in [1.807, 2.05) is 6.92 Å². The molecule has 0 unspecified atom stereocenters. The van der Waals surface area contributed by atoms with E-state index in [0.29, 0.717) is 18.5 Å². The Labute approximate surface area is 157 Å². The molecule has 6 heteroatoms. The molecular weight excluding hydrogens is 326 g/mol. The van der Waals surface area contributed by atoms with Gasteiger partial charge >= 0.3 is 0 Å². The van der Waals surface area contributed by atoms with Crippen LogP contribution >= 0.6 is 0 Å². The highest BCUT2D eigenvalue weighted by atomic mass is 16.5. The molecule has 2 aromatic rings. The minimum atomic E-state index is 0.640. The minimum Gasteiger partial charge on any atom is -0.383 e. The van der Waals surface area contributed by atoms with Gasteiger partial charge in [0.05, 0.1) is 6.61 Å². The lowest BCUT2D eigenvalue weighted by Gasteiger charge is -2.27. The first-order valence-corrected chi connectivity index (χ1v) is 9.23. The van der Waals surface area contributed by atoms with E-state index in [-0.39, 0.29) is 0 Å². The third kappa shape index (κ3) is 4.49. The second kappa shape index (κ2) is 8.94. The van der Waals surface area contributed by atoms with Gasteiger partial charge in [0.2, 0.25) is 11.9 Å². The van der Waals surface area contributed by atoms with Gasteiger partial charge in [0.15, 0.2) is 0 Å². The molecule has 6 nitrogen and oxygen atoms in total. The summed E-state index contributed by atoms with van der Waals surface area (Å²) in [5.41, 5.74) is 4.91. The highest BCUT2D eigenvalue weighted by molar-refractivity contribution is 5.67. The Morgan fingerprint density at radius 1 is 0.885 bits per heavy atom. The van der Waals surface area contributed by atoms with Gasteiger partial charge in [-0.2, -0.15) is 15.0 Å². The van der Waals surface area contributed by atoms with Gasteiger partial charge in [-0.05, 0) is 52.7 Å². The summed E-state index contributed by atoms with van der Waals surface area (Å²) < 4.78 is 5.21. The summed E-state index contributed by atoms with van der Waals surface area (Å²) in [5.74, 6) is 2.12. The highest BCUT2D eigenvalue weighted by Gasteiger charge is 2.19. The van der Waals surface area contributed by atoms with Crippen molar-refractivity contribution < 1.29 is 4.74 Å². The summed E-state index contributed by atoms with van der Waals surface area (Å²) in [7, 11) is 1.71. The first kappa shape index (κ1) is 20.1. The predicted molar refractivity (Wildman–Crippen MR) is 108 cm³/mol. The van der Waals surface area contributed by atoms with Crippen molar-refractivity contribution in [3.05, 3.63) is 34.6 Å². The molecule has 0 bridgehead atoms. The number of benzene rings is 1. The Balaban J connectivity index is 2.49. The number of hydrogen-bond donors (Lipinski definition) is 0. The fourth-order valence-electron chi connectivity index (χ4n) is 3.31. The number of hydrogen-bond acceptors (Lipinski definition) is 6. The van der Waals surface area contributed by atoms with Crippen LogP contribution in [-0.4, -0.2) is 48.3 Å². The van der Waals surface area contributed by atoms with Crippen molar-refractivity contribution in [1.82, 2.24) is 15.0 Å². The van der Waals surface area contributed by atoms with Crippen molar-refractivity contribution in [3.63, 3.8) is 0 Å². The van der Waals surface area contributed by atoms with Gasteiger partial charge in [0.25, 0.3) is 0 Å². The predicted octanol–water partition coefficient (Wildman–Crippen LogP) is 3.74. The second-order valence-corrected chi connectivity index (χ2v) is 6.55. The van der Waals surface area contributed by atoms with Crippen LogP contribution in [0.2, 0.25) is 0 Å². The number of anilines is 3. The summed E-state index contributed by atoms with van der Waals surface area (Å²) in [4.78, 5) is 18.2. The molecule has 1 heterocycles. The average Bonchev–Trinajstić information content (AvgIpc) is 2.58. The average molecular weight is 358 g/mol. The van der Waals surface area contributed by atoms with E-state index in [9.17, 15) is 0 Å². The molecule has 0 saturated carbocycles. The summed E-state index contributed by atoms with van der Waals surface area (Å²) >= 11 is 0. The van der Waals surface area contributed by atoms with Gasteiger partial charge in [-0.3, -0.25) is 0 Å². The Hall–Kier alpha value is -2.21. The third-order valence-electron chi connectivity index (χ3n) is 4.42. The highest BCUT2D eigenvalue weighted by Crippen LogP contribution is 2.31. The topological polar surface area (TPSA) is 54.4 Å². The molecule has 0 saturated heterocycles. The normalized spacial score (nSPS) is 10.9. The van der Waals surface area contributed by atoms with Crippen LogP contribution in [0.1, 0.15) is 36.4 Å². The molecular formula is C20H31N5O.